The van der Waals surface area contributed by atoms with Crippen LogP contribution in [0.15, 0.2) is 48.5 Å². The SMILES string of the molecule is CC1CN(C(=O)C(NC(=O)OCC2c3ccccc3-c3ccccc32)C2CC2)CC1(C)C(=O)O. The smallest absolute Gasteiger partial charge is 0.407 e. The molecule has 0 radical (unpaired) electrons. The maximum absolute atomic E-state index is 13.3. The Morgan fingerprint density at radius 2 is 1.68 bits per heavy atom. The summed E-state index contributed by atoms with van der Waals surface area (Å²) < 4.78 is 5.65. The van der Waals surface area contributed by atoms with Crippen molar-refractivity contribution < 1.29 is 24.2 Å². The predicted molar refractivity (Wildman–Crippen MR) is 126 cm³/mol. The topological polar surface area (TPSA) is 95.9 Å². The maximum Gasteiger partial charge on any atom is 0.407 e. The summed E-state index contributed by atoms with van der Waals surface area (Å²) in [6.07, 6.45) is 1.11. The highest BCUT2D eigenvalue weighted by Gasteiger charge is 2.50. The highest BCUT2D eigenvalue weighted by atomic mass is 16.5. The number of hydrogen-bond donors (Lipinski definition) is 2. The lowest BCUT2D eigenvalue weighted by Crippen LogP contribution is -2.50. The van der Waals surface area contributed by atoms with Gasteiger partial charge in [-0.15, -0.1) is 0 Å². The van der Waals surface area contributed by atoms with Crippen molar-refractivity contribution in [3.63, 3.8) is 0 Å². The average Bonchev–Trinajstić information content (AvgIpc) is 3.55. The molecule has 5 rings (SSSR count). The lowest BCUT2D eigenvalue weighted by Gasteiger charge is -2.26. The normalized spacial score (nSPS) is 24.3. The third-order valence-corrected chi connectivity index (χ3v) is 7.88. The van der Waals surface area contributed by atoms with Gasteiger partial charge in [0.05, 0.1) is 5.41 Å². The molecule has 1 heterocycles. The number of alkyl carbamates (subject to hydrolysis) is 1. The van der Waals surface area contributed by atoms with Crippen LogP contribution in [0, 0.1) is 17.3 Å². The van der Waals surface area contributed by atoms with Crippen LogP contribution in [0.2, 0.25) is 0 Å². The summed E-state index contributed by atoms with van der Waals surface area (Å²) in [4.78, 5) is 39.4. The summed E-state index contributed by atoms with van der Waals surface area (Å²) >= 11 is 0. The number of carbonyl (C=O) groups excluding carboxylic acids is 2. The number of nitrogens with zero attached hydrogens (tertiary/aromatic N) is 1. The van der Waals surface area contributed by atoms with Crippen molar-refractivity contribution in [3.8, 4) is 11.1 Å². The summed E-state index contributed by atoms with van der Waals surface area (Å²) in [5.41, 5.74) is 3.59. The number of hydrogen-bond acceptors (Lipinski definition) is 4. The Morgan fingerprint density at radius 1 is 1.09 bits per heavy atom. The fourth-order valence-electron chi connectivity index (χ4n) is 5.37. The van der Waals surface area contributed by atoms with E-state index in [1.165, 1.54) is 0 Å². The molecule has 34 heavy (non-hydrogen) atoms. The van der Waals surface area contributed by atoms with Crippen LogP contribution >= 0.6 is 0 Å². The number of rotatable bonds is 6. The van der Waals surface area contributed by atoms with E-state index >= 15 is 0 Å². The van der Waals surface area contributed by atoms with Gasteiger partial charge in [0.1, 0.15) is 12.6 Å². The number of nitrogens with one attached hydrogen (secondary N) is 1. The van der Waals surface area contributed by atoms with Gasteiger partial charge in [0.25, 0.3) is 0 Å². The van der Waals surface area contributed by atoms with E-state index < -0.39 is 23.5 Å². The zero-order valence-corrected chi connectivity index (χ0v) is 19.5. The Hall–Kier alpha value is -3.35. The number of ether oxygens (including phenoxy) is 1. The summed E-state index contributed by atoms with van der Waals surface area (Å²) in [6, 6.07) is 15.6. The quantitative estimate of drug-likeness (QED) is 0.679. The van der Waals surface area contributed by atoms with E-state index in [4.69, 9.17) is 4.74 Å². The molecule has 178 valence electrons. The second-order valence-corrected chi connectivity index (χ2v) is 10.1. The Balaban J connectivity index is 1.25. The molecular formula is C27H30N2O5. The van der Waals surface area contributed by atoms with Gasteiger partial charge >= 0.3 is 12.1 Å². The molecule has 2 amide bonds. The fourth-order valence-corrected chi connectivity index (χ4v) is 5.37. The first-order chi connectivity index (χ1) is 16.3. The third-order valence-electron chi connectivity index (χ3n) is 7.88. The largest absolute Gasteiger partial charge is 0.481 e. The van der Waals surface area contributed by atoms with Crippen LogP contribution in [0.5, 0.6) is 0 Å². The van der Waals surface area contributed by atoms with E-state index in [1.54, 1.807) is 11.8 Å². The minimum absolute atomic E-state index is 0.0519. The number of benzene rings is 2. The molecule has 3 atom stereocenters. The molecule has 2 aromatic rings. The zero-order chi connectivity index (χ0) is 24.0. The van der Waals surface area contributed by atoms with Gasteiger partial charge in [-0.05, 0) is 53.9 Å². The molecule has 1 aliphatic heterocycles. The number of likely N-dealkylation sites (tertiary alicyclic amines) is 1. The molecule has 2 N–H and O–H groups in total. The third kappa shape index (κ3) is 3.83. The van der Waals surface area contributed by atoms with Crippen LogP contribution in [0.1, 0.15) is 43.7 Å². The van der Waals surface area contributed by atoms with Gasteiger partial charge in [0.2, 0.25) is 5.91 Å². The van der Waals surface area contributed by atoms with Crippen LogP contribution in [-0.2, 0) is 14.3 Å². The Morgan fingerprint density at radius 3 is 2.21 bits per heavy atom. The van der Waals surface area contributed by atoms with Gasteiger partial charge < -0.3 is 20.1 Å². The van der Waals surface area contributed by atoms with E-state index in [0.717, 1.165) is 35.1 Å². The highest BCUT2D eigenvalue weighted by Crippen LogP contribution is 2.44. The summed E-state index contributed by atoms with van der Waals surface area (Å²) in [5, 5.41) is 12.4. The van der Waals surface area contributed by atoms with E-state index in [2.05, 4.69) is 29.6 Å². The summed E-state index contributed by atoms with van der Waals surface area (Å²) in [6.45, 7) is 4.24. The second-order valence-electron chi connectivity index (χ2n) is 10.1. The minimum Gasteiger partial charge on any atom is -0.481 e. The van der Waals surface area contributed by atoms with E-state index in [1.807, 2.05) is 31.2 Å². The number of carboxylic acids is 1. The lowest BCUT2D eigenvalue weighted by molar-refractivity contribution is -0.149. The molecular weight excluding hydrogens is 432 g/mol. The molecule has 0 spiro atoms. The van der Waals surface area contributed by atoms with Gasteiger partial charge in [-0.3, -0.25) is 9.59 Å². The van der Waals surface area contributed by atoms with Gasteiger partial charge in [-0.2, -0.15) is 0 Å². The molecule has 1 saturated carbocycles. The first kappa shape index (κ1) is 22.4. The van der Waals surface area contributed by atoms with Crippen molar-refractivity contribution >= 4 is 18.0 Å². The summed E-state index contributed by atoms with van der Waals surface area (Å²) in [5.74, 6) is -1.26. The molecule has 0 aromatic heterocycles. The number of carboxylic acid groups (broad SMARTS) is 1. The van der Waals surface area contributed by atoms with Crippen molar-refractivity contribution in [2.45, 2.75) is 38.6 Å². The van der Waals surface area contributed by atoms with E-state index in [9.17, 15) is 19.5 Å². The number of aliphatic carboxylic acids is 1. The van der Waals surface area contributed by atoms with Crippen LogP contribution in [0.25, 0.3) is 11.1 Å². The van der Waals surface area contributed by atoms with Gasteiger partial charge in [0.15, 0.2) is 0 Å². The predicted octanol–water partition coefficient (Wildman–Crippen LogP) is 3.87. The van der Waals surface area contributed by atoms with Crippen LogP contribution in [0.4, 0.5) is 4.79 Å². The van der Waals surface area contributed by atoms with Crippen LogP contribution < -0.4 is 5.32 Å². The molecule has 3 unspecified atom stereocenters. The first-order valence-corrected chi connectivity index (χ1v) is 11.9. The molecule has 2 aromatic carbocycles. The van der Waals surface area contributed by atoms with Gasteiger partial charge in [-0.1, -0.05) is 55.5 Å². The summed E-state index contributed by atoms with van der Waals surface area (Å²) in [7, 11) is 0. The Bertz CT molecular complexity index is 1100. The van der Waals surface area contributed by atoms with Crippen molar-refractivity contribution in [2.75, 3.05) is 19.7 Å². The standard InChI is InChI=1S/C27H30N2O5/c1-16-13-29(15-27(16,2)25(31)32)24(30)23(17-11-12-17)28-26(33)34-14-22-20-9-5-3-7-18(20)19-8-4-6-10-21(19)22/h3-10,16-17,22-23H,11-15H2,1-2H3,(H,28,33)(H,31,32). The lowest BCUT2D eigenvalue weighted by atomic mass is 9.81. The minimum atomic E-state index is -0.979. The molecule has 7 nitrogen and oxygen atoms in total. The maximum atomic E-state index is 13.3. The zero-order valence-electron chi connectivity index (χ0n) is 19.5. The molecule has 0 bridgehead atoms. The number of carbonyl (C=O) groups is 3. The number of amides is 2. The molecule has 2 aliphatic carbocycles. The fraction of sp³-hybridized carbons (Fsp3) is 0.444. The first-order valence-electron chi connectivity index (χ1n) is 11.9. The van der Waals surface area contributed by atoms with Gasteiger partial charge in [0, 0.05) is 19.0 Å². The molecule has 2 fully saturated rings. The van der Waals surface area contributed by atoms with Crippen molar-refractivity contribution in [1.29, 1.82) is 0 Å². The Labute approximate surface area is 199 Å². The van der Waals surface area contributed by atoms with E-state index in [-0.39, 0.29) is 36.8 Å². The second kappa shape index (κ2) is 8.46. The molecule has 3 aliphatic rings. The van der Waals surface area contributed by atoms with E-state index in [0.29, 0.717) is 6.54 Å². The monoisotopic (exact) mass is 462 g/mol. The molecule has 1 saturated heterocycles. The highest BCUT2D eigenvalue weighted by molar-refractivity contribution is 5.88. The average molecular weight is 463 g/mol. The Kier molecular flexibility index (Phi) is 5.58. The van der Waals surface area contributed by atoms with Crippen molar-refractivity contribution in [2.24, 2.45) is 17.3 Å². The molecule has 7 heteroatoms. The van der Waals surface area contributed by atoms with Crippen LogP contribution in [-0.4, -0.2) is 53.7 Å². The van der Waals surface area contributed by atoms with Crippen LogP contribution in [0.3, 0.4) is 0 Å². The van der Waals surface area contributed by atoms with Gasteiger partial charge in [-0.25, -0.2) is 4.79 Å². The van der Waals surface area contributed by atoms with Crippen molar-refractivity contribution in [1.82, 2.24) is 10.2 Å². The van der Waals surface area contributed by atoms with Crippen molar-refractivity contribution in [3.05, 3.63) is 59.7 Å². The number of fused-ring (bicyclic) bond motifs is 3.